The van der Waals surface area contributed by atoms with Crippen LogP contribution in [0.2, 0.25) is 0 Å². The molecule has 2 aromatic carbocycles. The minimum atomic E-state index is -0.207. The van der Waals surface area contributed by atoms with E-state index < -0.39 is 0 Å². The van der Waals surface area contributed by atoms with Gasteiger partial charge < -0.3 is 10.6 Å². The summed E-state index contributed by atoms with van der Waals surface area (Å²) in [5, 5.41) is 0. The first-order valence-corrected chi connectivity index (χ1v) is 10.1. The van der Waals surface area contributed by atoms with Crippen LogP contribution in [-0.2, 0) is 17.8 Å². The number of carbonyl (C=O) groups is 1. The van der Waals surface area contributed by atoms with Crippen molar-refractivity contribution in [1.82, 2.24) is 20.4 Å². The molecule has 2 aromatic heterocycles. The monoisotopic (exact) mass is 425 g/mol. The van der Waals surface area contributed by atoms with Crippen LogP contribution in [0, 0.1) is 0 Å². The number of hydrogen-bond donors (Lipinski definition) is 3. The summed E-state index contributed by atoms with van der Waals surface area (Å²) in [4.78, 5) is 27.3. The Bertz CT molecular complexity index is 1150. The number of rotatable bonds is 8. The Morgan fingerprint density at radius 3 is 2.22 bits per heavy atom. The SMILES string of the molecule is Nc1c(NNC(=O)Cc2ccccc2)ncnc1N(Cc1ccccc1)c1ccccn1. The molecule has 0 radical (unpaired) electrons. The summed E-state index contributed by atoms with van der Waals surface area (Å²) in [5.41, 5.74) is 14.2. The normalized spacial score (nSPS) is 10.4. The summed E-state index contributed by atoms with van der Waals surface area (Å²) in [6.07, 6.45) is 3.35. The van der Waals surface area contributed by atoms with E-state index in [0.29, 0.717) is 29.7 Å². The summed E-state index contributed by atoms with van der Waals surface area (Å²) in [5.74, 6) is 1.29. The number of nitrogen functional groups attached to an aromatic ring is 1. The molecule has 32 heavy (non-hydrogen) atoms. The number of hydrogen-bond acceptors (Lipinski definition) is 7. The Morgan fingerprint density at radius 2 is 1.53 bits per heavy atom. The van der Waals surface area contributed by atoms with Crippen LogP contribution in [-0.4, -0.2) is 20.9 Å². The fourth-order valence-electron chi connectivity index (χ4n) is 3.20. The smallest absolute Gasteiger partial charge is 0.242 e. The molecule has 4 aromatic rings. The van der Waals surface area contributed by atoms with Crippen molar-refractivity contribution in [1.29, 1.82) is 0 Å². The second kappa shape index (κ2) is 10.0. The number of carbonyl (C=O) groups excluding carboxylic acids is 1. The van der Waals surface area contributed by atoms with Crippen molar-refractivity contribution in [2.24, 2.45) is 0 Å². The number of aromatic nitrogens is 3. The Kier molecular flexibility index (Phi) is 6.52. The van der Waals surface area contributed by atoms with Gasteiger partial charge in [-0.15, -0.1) is 0 Å². The van der Waals surface area contributed by atoms with Gasteiger partial charge in [0.2, 0.25) is 5.91 Å². The first-order chi connectivity index (χ1) is 15.7. The highest BCUT2D eigenvalue weighted by molar-refractivity contribution is 5.83. The number of nitrogens with two attached hydrogens (primary N) is 1. The zero-order chi connectivity index (χ0) is 22.2. The van der Waals surface area contributed by atoms with Gasteiger partial charge in [0.25, 0.3) is 0 Å². The molecule has 0 bridgehead atoms. The molecule has 8 heteroatoms. The third kappa shape index (κ3) is 5.17. The zero-order valence-corrected chi connectivity index (χ0v) is 17.3. The quantitative estimate of drug-likeness (QED) is 0.371. The Hall–Kier alpha value is -4.46. The number of nitrogens with one attached hydrogen (secondary N) is 2. The Labute approximate surface area is 186 Å². The van der Waals surface area contributed by atoms with Crippen LogP contribution < -0.4 is 21.5 Å². The number of benzene rings is 2. The average molecular weight is 425 g/mol. The van der Waals surface area contributed by atoms with Gasteiger partial charge in [-0.1, -0.05) is 66.7 Å². The molecule has 4 rings (SSSR count). The van der Waals surface area contributed by atoms with Crippen LogP contribution in [0.1, 0.15) is 11.1 Å². The number of anilines is 4. The van der Waals surface area contributed by atoms with Gasteiger partial charge in [-0.25, -0.2) is 15.0 Å². The fourth-order valence-corrected chi connectivity index (χ4v) is 3.20. The lowest BCUT2D eigenvalue weighted by molar-refractivity contribution is -0.119. The summed E-state index contributed by atoms with van der Waals surface area (Å²) in [6.45, 7) is 0.513. The van der Waals surface area contributed by atoms with E-state index in [1.54, 1.807) is 6.20 Å². The van der Waals surface area contributed by atoms with Gasteiger partial charge in [-0.3, -0.25) is 15.6 Å². The van der Waals surface area contributed by atoms with Crippen LogP contribution >= 0.6 is 0 Å². The van der Waals surface area contributed by atoms with Gasteiger partial charge in [-0.2, -0.15) is 0 Å². The van der Waals surface area contributed by atoms with E-state index in [9.17, 15) is 4.79 Å². The van der Waals surface area contributed by atoms with E-state index in [1.807, 2.05) is 83.8 Å². The van der Waals surface area contributed by atoms with Crippen LogP contribution in [0.5, 0.6) is 0 Å². The number of nitrogens with zero attached hydrogens (tertiary/aromatic N) is 4. The second-order valence-corrected chi connectivity index (χ2v) is 7.05. The van der Waals surface area contributed by atoms with Crippen molar-refractivity contribution < 1.29 is 4.79 Å². The summed E-state index contributed by atoms with van der Waals surface area (Å²) in [6, 6.07) is 25.1. The minimum Gasteiger partial charge on any atom is -0.393 e. The summed E-state index contributed by atoms with van der Waals surface area (Å²) < 4.78 is 0. The molecule has 1 amide bonds. The molecular weight excluding hydrogens is 402 g/mol. The van der Waals surface area contributed by atoms with Crippen molar-refractivity contribution in [3.8, 4) is 0 Å². The molecule has 8 nitrogen and oxygen atoms in total. The first kappa shape index (κ1) is 20.8. The third-order valence-electron chi connectivity index (χ3n) is 4.76. The molecule has 0 atom stereocenters. The molecule has 4 N–H and O–H groups in total. The molecule has 160 valence electrons. The number of amides is 1. The lowest BCUT2D eigenvalue weighted by Crippen LogP contribution is -2.32. The standard InChI is InChI=1S/C24H23N7O/c25-22-23(30-29-21(32)15-18-9-3-1-4-10-18)27-17-28-24(22)31(20-13-7-8-14-26-20)16-19-11-5-2-6-12-19/h1-14,17H,15-16,25H2,(H,29,32)(H,27,28,30). The van der Waals surface area contributed by atoms with Gasteiger partial charge in [-0.05, 0) is 23.3 Å². The number of pyridine rings is 1. The third-order valence-corrected chi connectivity index (χ3v) is 4.76. The minimum absolute atomic E-state index is 0.207. The summed E-state index contributed by atoms with van der Waals surface area (Å²) >= 11 is 0. The van der Waals surface area contributed by atoms with Crippen molar-refractivity contribution >= 4 is 29.0 Å². The van der Waals surface area contributed by atoms with E-state index in [1.165, 1.54) is 6.33 Å². The zero-order valence-electron chi connectivity index (χ0n) is 17.3. The maximum absolute atomic E-state index is 12.3. The van der Waals surface area contributed by atoms with Gasteiger partial charge >= 0.3 is 0 Å². The highest BCUT2D eigenvalue weighted by atomic mass is 16.2. The van der Waals surface area contributed by atoms with Gasteiger partial charge in [0, 0.05) is 6.20 Å². The van der Waals surface area contributed by atoms with Gasteiger partial charge in [0.05, 0.1) is 13.0 Å². The van der Waals surface area contributed by atoms with Gasteiger partial charge in [0.15, 0.2) is 11.6 Å². The largest absolute Gasteiger partial charge is 0.393 e. The van der Waals surface area contributed by atoms with Crippen molar-refractivity contribution in [2.75, 3.05) is 16.1 Å². The lowest BCUT2D eigenvalue weighted by atomic mass is 10.1. The predicted octanol–water partition coefficient (Wildman–Crippen LogP) is 3.48. The van der Waals surface area contributed by atoms with Gasteiger partial charge in [0.1, 0.15) is 17.8 Å². The molecule has 0 unspecified atom stereocenters. The fraction of sp³-hybridized carbons (Fsp3) is 0.0833. The molecular formula is C24H23N7O. The molecule has 0 saturated carbocycles. The summed E-state index contributed by atoms with van der Waals surface area (Å²) in [7, 11) is 0. The predicted molar refractivity (Wildman–Crippen MR) is 125 cm³/mol. The Morgan fingerprint density at radius 1 is 0.844 bits per heavy atom. The molecule has 0 aliphatic heterocycles. The number of hydrazine groups is 1. The maximum atomic E-state index is 12.3. The average Bonchev–Trinajstić information content (AvgIpc) is 2.84. The van der Waals surface area contributed by atoms with E-state index in [2.05, 4.69) is 25.8 Å². The lowest BCUT2D eigenvalue weighted by Gasteiger charge is -2.24. The van der Waals surface area contributed by atoms with Crippen LogP contribution in [0.4, 0.5) is 23.1 Å². The van der Waals surface area contributed by atoms with Crippen molar-refractivity contribution in [2.45, 2.75) is 13.0 Å². The molecule has 0 aliphatic carbocycles. The van der Waals surface area contributed by atoms with E-state index in [4.69, 9.17) is 5.73 Å². The molecule has 0 fully saturated rings. The van der Waals surface area contributed by atoms with E-state index >= 15 is 0 Å². The van der Waals surface area contributed by atoms with Crippen LogP contribution in [0.15, 0.2) is 91.4 Å². The highest BCUT2D eigenvalue weighted by Gasteiger charge is 2.19. The van der Waals surface area contributed by atoms with Crippen molar-refractivity contribution in [3.63, 3.8) is 0 Å². The first-order valence-electron chi connectivity index (χ1n) is 10.1. The highest BCUT2D eigenvalue weighted by Crippen LogP contribution is 2.31. The maximum Gasteiger partial charge on any atom is 0.242 e. The van der Waals surface area contributed by atoms with Crippen LogP contribution in [0.25, 0.3) is 0 Å². The molecule has 0 spiro atoms. The Balaban J connectivity index is 1.55. The second-order valence-electron chi connectivity index (χ2n) is 7.05. The van der Waals surface area contributed by atoms with Crippen LogP contribution in [0.3, 0.4) is 0 Å². The molecule has 0 aliphatic rings. The van der Waals surface area contributed by atoms with E-state index in [0.717, 1.165) is 11.1 Å². The topological polar surface area (TPSA) is 109 Å². The van der Waals surface area contributed by atoms with E-state index in [-0.39, 0.29) is 12.3 Å². The molecule has 2 heterocycles. The van der Waals surface area contributed by atoms with Crippen molar-refractivity contribution in [3.05, 3.63) is 103 Å². The molecule has 0 saturated heterocycles.